The first-order chi connectivity index (χ1) is 15.7. The third-order valence-corrected chi connectivity index (χ3v) is 6.19. The van der Waals surface area contributed by atoms with Gasteiger partial charge in [0.2, 0.25) is 0 Å². The van der Waals surface area contributed by atoms with Crippen LogP contribution in [0.1, 0.15) is 12.0 Å². The Kier molecular flexibility index (Phi) is 5.77. The molecule has 0 saturated carbocycles. The first-order valence-electron chi connectivity index (χ1n) is 11.3. The number of nitrogens with zero attached hydrogens (tertiary/aromatic N) is 3. The molecule has 0 atom stereocenters. The summed E-state index contributed by atoms with van der Waals surface area (Å²) in [4.78, 5) is 21.5. The van der Waals surface area contributed by atoms with Gasteiger partial charge in [0, 0.05) is 55.8 Å². The zero-order valence-electron chi connectivity index (χ0n) is 18.4. The topological polar surface area (TPSA) is 61.6 Å². The summed E-state index contributed by atoms with van der Waals surface area (Å²) in [5, 5.41) is 6.85. The second kappa shape index (κ2) is 9.01. The number of pyridine rings is 1. The Morgan fingerprint density at radius 2 is 1.84 bits per heavy atom. The molecule has 0 radical (unpaired) electrons. The van der Waals surface area contributed by atoms with Crippen LogP contribution < -0.4 is 15.8 Å². The molecule has 0 unspecified atom stereocenters. The van der Waals surface area contributed by atoms with E-state index in [1.807, 2.05) is 31.3 Å². The lowest BCUT2D eigenvalue weighted by Crippen LogP contribution is -2.47. The maximum absolute atomic E-state index is 11.9. The van der Waals surface area contributed by atoms with Gasteiger partial charge in [0.05, 0.1) is 5.69 Å². The SMILES string of the molecule is Cc1ccc2c(NCCCN3CCN(c4nccc5ccccc45)CC3)cc(=O)oc2c1. The largest absolute Gasteiger partial charge is 0.423 e. The standard InChI is InChI=1S/C26H28N4O2/c1-19-7-8-22-23(18-25(31)32-24(22)17-19)27-10-4-12-29-13-15-30(16-14-29)26-21-6-3-2-5-20(21)9-11-28-26/h2-3,5-9,11,17-18,27H,4,10,12-16H2,1H3. The van der Waals surface area contributed by atoms with Crippen LogP contribution in [0, 0.1) is 6.92 Å². The highest BCUT2D eigenvalue weighted by Gasteiger charge is 2.19. The molecule has 0 bridgehead atoms. The summed E-state index contributed by atoms with van der Waals surface area (Å²) in [6, 6.07) is 18.0. The Bertz CT molecular complexity index is 1290. The van der Waals surface area contributed by atoms with E-state index in [1.165, 1.54) is 10.8 Å². The molecule has 164 valence electrons. The van der Waals surface area contributed by atoms with Crippen molar-refractivity contribution in [2.75, 3.05) is 49.5 Å². The van der Waals surface area contributed by atoms with Gasteiger partial charge < -0.3 is 14.6 Å². The summed E-state index contributed by atoms with van der Waals surface area (Å²) >= 11 is 0. The van der Waals surface area contributed by atoms with Crippen LogP contribution in [0.4, 0.5) is 11.5 Å². The lowest BCUT2D eigenvalue weighted by molar-refractivity contribution is 0.257. The minimum Gasteiger partial charge on any atom is -0.423 e. The van der Waals surface area contributed by atoms with Gasteiger partial charge in [0.25, 0.3) is 0 Å². The second-order valence-corrected chi connectivity index (χ2v) is 8.44. The zero-order chi connectivity index (χ0) is 21.9. The van der Waals surface area contributed by atoms with E-state index in [-0.39, 0.29) is 5.63 Å². The van der Waals surface area contributed by atoms with Crippen molar-refractivity contribution in [2.45, 2.75) is 13.3 Å². The van der Waals surface area contributed by atoms with E-state index < -0.39 is 0 Å². The van der Waals surface area contributed by atoms with Gasteiger partial charge in [-0.1, -0.05) is 30.3 Å². The molecular formula is C26H28N4O2. The van der Waals surface area contributed by atoms with E-state index in [2.05, 4.69) is 50.4 Å². The van der Waals surface area contributed by atoms with E-state index in [0.717, 1.165) is 68.1 Å². The van der Waals surface area contributed by atoms with Gasteiger partial charge in [-0.2, -0.15) is 0 Å². The molecule has 2 aromatic carbocycles. The van der Waals surface area contributed by atoms with Gasteiger partial charge >= 0.3 is 5.63 Å². The molecule has 0 spiro atoms. The van der Waals surface area contributed by atoms with Crippen LogP contribution in [0.3, 0.4) is 0 Å². The fraction of sp³-hybridized carbons (Fsp3) is 0.308. The maximum Gasteiger partial charge on any atom is 0.338 e. The molecule has 6 heteroatoms. The molecule has 3 heterocycles. The highest BCUT2D eigenvalue weighted by atomic mass is 16.4. The van der Waals surface area contributed by atoms with Crippen LogP contribution >= 0.6 is 0 Å². The number of aromatic nitrogens is 1. The van der Waals surface area contributed by atoms with Crippen LogP contribution in [0.5, 0.6) is 0 Å². The predicted octanol–water partition coefficient (Wildman–Crippen LogP) is 4.27. The lowest BCUT2D eigenvalue weighted by atomic mass is 10.1. The number of hydrogen-bond donors (Lipinski definition) is 1. The normalized spacial score (nSPS) is 14.8. The maximum atomic E-state index is 11.9. The first-order valence-corrected chi connectivity index (χ1v) is 11.3. The van der Waals surface area contributed by atoms with Crippen molar-refractivity contribution < 1.29 is 4.42 Å². The molecule has 2 aromatic heterocycles. The third-order valence-electron chi connectivity index (χ3n) is 6.19. The molecule has 1 aliphatic heterocycles. The molecule has 0 amide bonds. The molecule has 1 N–H and O–H groups in total. The van der Waals surface area contributed by atoms with Crippen LogP contribution in [-0.2, 0) is 0 Å². The quantitative estimate of drug-likeness (QED) is 0.366. The number of anilines is 2. The number of nitrogens with one attached hydrogen (secondary N) is 1. The van der Waals surface area contributed by atoms with Gasteiger partial charge in [-0.15, -0.1) is 0 Å². The van der Waals surface area contributed by atoms with Crippen LogP contribution in [-0.4, -0.2) is 49.2 Å². The first kappa shape index (κ1) is 20.5. The summed E-state index contributed by atoms with van der Waals surface area (Å²) in [6.07, 6.45) is 2.92. The van der Waals surface area contributed by atoms with Gasteiger partial charge in [-0.25, -0.2) is 9.78 Å². The van der Waals surface area contributed by atoms with Crippen LogP contribution in [0.25, 0.3) is 21.7 Å². The Hall–Kier alpha value is -3.38. The highest BCUT2D eigenvalue weighted by molar-refractivity contribution is 5.92. The molecule has 6 nitrogen and oxygen atoms in total. The molecule has 1 saturated heterocycles. The molecule has 32 heavy (non-hydrogen) atoms. The molecule has 0 aliphatic carbocycles. The van der Waals surface area contributed by atoms with Crippen LogP contribution in [0.2, 0.25) is 0 Å². The van der Waals surface area contributed by atoms with Gasteiger partial charge in [0.1, 0.15) is 11.4 Å². The lowest BCUT2D eigenvalue weighted by Gasteiger charge is -2.35. The zero-order valence-corrected chi connectivity index (χ0v) is 18.4. The minimum atomic E-state index is -0.316. The van der Waals surface area contributed by atoms with Crippen LogP contribution in [0.15, 0.2) is 70.0 Å². The minimum absolute atomic E-state index is 0.316. The summed E-state index contributed by atoms with van der Waals surface area (Å²) in [7, 11) is 0. The number of hydrogen-bond acceptors (Lipinski definition) is 6. The van der Waals surface area contributed by atoms with Crippen molar-refractivity contribution >= 4 is 33.2 Å². The van der Waals surface area contributed by atoms with E-state index in [4.69, 9.17) is 4.42 Å². The van der Waals surface area contributed by atoms with Crippen molar-refractivity contribution in [3.05, 3.63) is 76.8 Å². The third kappa shape index (κ3) is 4.32. The predicted molar refractivity (Wildman–Crippen MR) is 131 cm³/mol. The van der Waals surface area contributed by atoms with Crippen molar-refractivity contribution in [2.24, 2.45) is 0 Å². The van der Waals surface area contributed by atoms with E-state index in [9.17, 15) is 4.79 Å². The van der Waals surface area contributed by atoms with E-state index in [0.29, 0.717) is 5.58 Å². The van der Waals surface area contributed by atoms with Crippen molar-refractivity contribution in [3.8, 4) is 0 Å². The summed E-state index contributed by atoms with van der Waals surface area (Å²) < 4.78 is 5.34. The fourth-order valence-electron chi connectivity index (χ4n) is 4.48. The fourth-order valence-corrected chi connectivity index (χ4v) is 4.48. The van der Waals surface area contributed by atoms with Crippen molar-refractivity contribution in [1.82, 2.24) is 9.88 Å². The van der Waals surface area contributed by atoms with Gasteiger partial charge in [-0.05, 0) is 49.0 Å². The van der Waals surface area contributed by atoms with Gasteiger partial charge in [0.15, 0.2) is 0 Å². The molecule has 5 rings (SSSR count). The number of fused-ring (bicyclic) bond motifs is 2. The summed E-state index contributed by atoms with van der Waals surface area (Å²) in [6.45, 7) is 7.87. The highest BCUT2D eigenvalue weighted by Crippen LogP contribution is 2.25. The smallest absolute Gasteiger partial charge is 0.338 e. The Balaban J connectivity index is 1.15. The molecule has 4 aromatic rings. The summed E-state index contributed by atoms with van der Waals surface area (Å²) in [5.74, 6) is 1.09. The molecule has 1 aliphatic rings. The number of benzene rings is 2. The summed E-state index contributed by atoms with van der Waals surface area (Å²) in [5.41, 5.74) is 2.25. The Morgan fingerprint density at radius 3 is 2.72 bits per heavy atom. The van der Waals surface area contributed by atoms with Gasteiger partial charge in [-0.3, -0.25) is 4.90 Å². The number of piperazine rings is 1. The van der Waals surface area contributed by atoms with E-state index in [1.54, 1.807) is 6.07 Å². The number of aryl methyl sites for hydroxylation is 1. The Morgan fingerprint density at radius 1 is 1.00 bits per heavy atom. The average Bonchev–Trinajstić information content (AvgIpc) is 2.81. The average molecular weight is 429 g/mol. The Labute approximate surface area is 187 Å². The van der Waals surface area contributed by atoms with E-state index >= 15 is 0 Å². The van der Waals surface area contributed by atoms with Crippen molar-refractivity contribution in [1.29, 1.82) is 0 Å². The molecular weight excluding hydrogens is 400 g/mol. The molecule has 1 fully saturated rings. The second-order valence-electron chi connectivity index (χ2n) is 8.44. The van der Waals surface area contributed by atoms with Crippen molar-refractivity contribution in [3.63, 3.8) is 0 Å². The number of rotatable bonds is 6. The monoisotopic (exact) mass is 428 g/mol.